The maximum absolute atomic E-state index is 11.9. The third-order valence-electron chi connectivity index (χ3n) is 3.07. The smallest absolute Gasteiger partial charge is 0.263 e. The number of carbonyl (C=O) groups excluding carboxylic acids is 2. The molecule has 1 saturated heterocycles. The number of para-hydroxylation sites is 1. The molecule has 1 aromatic carbocycles. The zero-order valence-electron chi connectivity index (χ0n) is 11.1. The minimum Gasteiger partial charge on any atom is -0.490 e. The van der Waals surface area contributed by atoms with Crippen LogP contribution in [0.3, 0.4) is 0 Å². The summed E-state index contributed by atoms with van der Waals surface area (Å²) in [7, 11) is 1.74. The van der Waals surface area contributed by atoms with Crippen LogP contribution in [-0.2, 0) is 4.79 Å². The number of benzene rings is 1. The summed E-state index contributed by atoms with van der Waals surface area (Å²) >= 11 is 0. The maximum Gasteiger partial charge on any atom is 0.263 e. The molecule has 0 aromatic heterocycles. The van der Waals surface area contributed by atoms with Crippen LogP contribution in [0, 0.1) is 0 Å². The van der Waals surface area contributed by atoms with E-state index in [1.807, 2.05) is 6.92 Å². The highest BCUT2D eigenvalue weighted by Crippen LogP contribution is 2.32. The number of aldehydes is 1. The summed E-state index contributed by atoms with van der Waals surface area (Å²) in [4.78, 5) is 24.5. The molecule has 5 heteroatoms. The summed E-state index contributed by atoms with van der Waals surface area (Å²) in [5.41, 5.74) is 0.397. The number of likely N-dealkylation sites (tertiary alicyclic amines) is 1. The Morgan fingerprint density at radius 3 is 2.84 bits per heavy atom. The fourth-order valence-corrected chi connectivity index (χ4v) is 2.06. The SMILES string of the molecule is CCOc1cccc(C=O)c1OC1CCN(C)C1=O. The van der Waals surface area contributed by atoms with Gasteiger partial charge in [-0.1, -0.05) is 6.07 Å². The van der Waals surface area contributed by atoms with Crippen molar-refractivity contribution in [1.29, 1.82) is 0 Å². The Labute approximate surface area is 112 Å². The van der Waals surface area contributed by atoms with Crippen molar-refractivity contribution < 1.29 is 19.1 Å². The molecule has 19 heavy (non-hydrogen) atoms. The van der Waals surface area contributed by atoms with Crippen LogP contribution in [0.4, 0.5) is 0 Å². The van der Waals surface area contributed by atoms with E-state index in [4.69, 9.17) is 9.47 Å². The van der Waals surface area contributed by atoms with Gasteiger partial charge >= 0.3 is 0 Å². The molecule has 1 atom stereocenters. The molecular formula is C14H17NO4. The zero-order chi connectivity index (χ0) is 13.8. The van der Waals surface area contributed by atoms with Gasteiger partial charge in [0, 0.05) is 20.0 Å². The Morgan fingerprint density at radius 2 is 2.26 bits per heavy atom. The predicted molar refractivity (Wildman–Crippen MR) is 69.7 cm³/mol. The standard InChI is InChI=1S/C14H17NO4/c1-3-18-11-6-4-5-10(9-16)13(11)19-12-7-8-15(2)14(12)17/h4-6,9,12H,3,7-8H2,1-2H3. The van der Waals surface area contributed by atoms with Crippen molar-refractivity contribution in [2.45, 2.75) is 19.4 Å². The van der Waals surface area contributed by atoms with E-state index in [0.29, 0.717) is 42.9 Å². The average molecular weight is 263 g/mol. The van der Waals surface area contributed by atoms with Gasteiger partial charge in [-0.05, 0) is 19.1 Å². The first kappa shape index (κ1) is 13.4. The molecule has 1 aromatic rings. The molecule has 1 fully saturated rings. The monoisotopic (exact) mass is 263 g/mol. The first-order valence-corrected chi connectivity index (χ1v) is 6.30. The minimum absolute atomic E-state index is 0.0665. The van der Waals surface area contributed by atoms with Gasteiger partial charge in [-0.25, -0.2) is 0 Å². The summed E-state index contributed by atoms with van der Waals surface area (Å²) in [6.07, 6.45) is 0.792. The quantitative estimate of drug-likeness (QED) is 0.756. The first-order chi connectivity index (χ1) is 9.17. The lowest BCUT2D eigenvalue weighted by atomic mass is 10.2. The second-order valence-corrected chi connectivity index (χ2v) is 4.38. The van der Waals surface area contributed by atoms with Gasteiger partial charge in [-0.2, -0.15) is 0 Å². The van der Waals surface area contributed by atoms with Gasteiger partial charge in [0.15, 0.2) is 23.9 Å². The highest BCUT2D eigenvalue weighted by Gasteiger charge is 2.32. The van der Waals surface area contributed by atoms with E-state index in [9.17, 15) is 9.59 Å². The van der Waals surface area contributed by atoms with Crippen LogP contribution in [0.2, 0.25) is 0 Å². The molecule has 1 aliphatic rings. The van der Waals surface area contributed by atoms with Gasteiger partial charge in [0.25, 0.3) is 5.91 Å². The van der Waals surface area contributed by atoms with E-state index in [1.165, 1.54) is 0 Å². The van der Waals surface area contributed by atoms with E-state index < -0.39 is 6.10 Å². The van der Waals surface area contributed by atoms with Crippen molar-refractivity contribution in [3.05, 3.63) is 23.8 Å². The van der Waals surface area contributed by atoms with Crippen LogP contribution < -0.4 is 9.47 Å². The van der Waals surface area contributed by atoms with Crippen LogP contribution in [0.5, 0.6) is 11.5 Å². The molecule has 102 valence electrons. The van der Waals surface area contributed by atoms with Crippen LogP contribution >= 0.6 is 0 Å². The number of nitrogens with zero attached hydrogens (tertiary/aromatic N) is 1. The highest BCUT2D eigenvalue weighted by atomic mass is 16.5. The van der Waals surface area contributed by atoms with E-state index in [2.05, 4.69) is 0 Å². The van der Waals surface area contributed by atoms with Gasteiger partial charge in [0.2, 0.25) is 0 Å². The maximum atomic E-state index is 11.9. The van der Waals surface area contributed by atoms with Crippen molar-refractivity contribution >= 4 is 12.2 Å². The zero-order valence-corrected chi connectivity index (χ0v) is 11.1. The number of rotatable bonds is 5. The fourth-order valence-electron chi connectivity index (χ4n) is 2.06. The van der Waals surface area contributed by atoms with Crippen LogP contribution in [-0.4, -0.2) is 43.4 Å². The van der Waals surface area contributed by atoms with E-state index in [0.717, 1.165) is 0 Å². The number of likely N-dealkylation sites (N-methyl/N-ethyl adjacent to an activating group) is 1. The fraction of sp³-hybridized carbons (Fsp3) is 0.429. The summed E-state index contributed by atoms with van der Waals surface area (Å²) in [6.45, 7) is 2.99. The van der Waals surface area contributed by atoms with E-state index >= 15 is 0 Å². The predicted octanol–water partition coefficient (Wildman–Crippen LogP) is 1.51. The highest BCUT2D eigenvalue weighted by molar-refractivity contribution is 5.85. The molecule has 1 heterocycles. The number of amides is 1. The summed E-state index contributed by atoms with van der Waals surface area (Å²) in [5, 5.41) is 0. The summed E-state index contributed by atoms with van der Waals surface area (Å²) < 4.78 is 11.2. The molecule has 5 nitrogen and oxygen atoms in total. The van der Waals surface area contributed by atoms with Crippen LogP contribution in [0.1, 0.15) is 23.7 Å². The van der Waals surface area contributed by atoms with Gasteiger partial charge in [0.05, 0.1) is 12.2 Å². The third kappa shape index (κ3) is 2.70. The lowest BCUT2D eigenvalue weighted by Gasteiger charge is -2.17. The second-order valence-electron chi connectivity index (χ2n) is 4.38. The topological polar surface area (TPSA) is 55.8 Å². The van der Waals surface area contributed by atoms with Crippen LogP contribution in [0.25, 0.3) is 0 Å². The molecule has 1 unspecified atom stereocenters. The van der Waals surface area contributed by atoms with Gasteiger partial charge < -0.3 is 14.4 Å². The second kappa shape index (κ2) is 5.73. The summed E-state index contributed by atoms with van der Waals surface area (Å²) in [6, 6.07) is 5.10. The Morgan fingerprint density at radius 1 is 1.47 bits per heavy atom. The molecule has 1 aliphatic heterocycles. The van der Waals surface area contributed by atoms with E-state index in [1.54, 1.807) is 30.1 Å². The number of ether oxygens (including phenoxy) is 2. The average Bonchev–Trinajstić information content (AvgIpc) is 2.73. The van der Waals surface area contributed by atoms with Gasteiger partial charge in [-0.15, -0.1) is 0 Å². The molecule has 0 spiro atoms. The molecule has 1 amide bonds. The molecule has 0 radical (unpaired) electrons. The van der Waals surface area contributed by atoms with Crippen LogP contribution in [0.15, 0.2) is 18.2 Å². The lowest BCUT2D eigenvalue weighted by Crippen LogP contribution is -2.29. The van der Waals surface area contributed by atoms with Crippen molar-refractivity contribution in [3.8, 4) is 11.5 Å². The Kier molecular flexibility index (Phi) is 4.04. The Balaban J connectivity index is 2.27. The molecular weight excluding hydrogens is 246 g/mol. The molecule has 0 N–H and O–H groups in total. The summed E-state index contributed by atoms with van der Waals surface area (Å²) in [5.74, 6) is 0.783. The number of hydrogen-bond donors (Lipinski definition) is 0. The Bertz CT molecular complexity index is 486. The number of hydrogen-bond acceptors (Lipinski definition) is 4. The van der Waals surface area contributed by atoms with Crippen molar-refractivity contribution in [2.75, 3.05) is 20.2 Å². The molecule has 0 aliphatic carbocycles. The molecule has 0 bridgehead atoms. The van der Waals surface area contributed by atoms with E-state index in [-0.39, 0.29) is 5.91 Å². The van der Waals surface area contributed by atoms with Crippen molar-refractivity contribution in [2.24, 2.45) is 0 Å². The lowest BCUT2D eigenvalue weighted by molar-refractivity contribution is -0.132. The Hall–Kier alpha value is -2.04. The van der Waals surface area contributed by atoms with Crippen molar-refractivity contribution in [1.82, 2.24) is 4.90 Å². The van der Waals surface area contributed by atoms with Crippen molar-refractivity contribution in [3.63, 3.8) is 0 Å². The van der Waals surface area contributed by atoms with Gasteiger partial charge in [0.1, 0.15) is 0 Å². The normalized spacial score (nSPS) is 18.5. The first-order valence-electron chi connectivity index (χ1n) is 6.30. The molecule has 0 saturated carbocycles. The molecule has 2 rings (SSSR count). The minimum atomic E-state index is -0.537. The van der Waals surface area contributed by atoms with Gasteiger partial charge in [-0.3, -0.25) is 9.59 Å². The number of carbonyl (C=O) groups is 2. The largest absolute Gasteiger partial charge is 0.490 e. The third-order valence-corrected chi connectivity index (χ3v) is 3.07.